The molecule has 1 aromatic rings. The number of likely N-dealkylation sites (tertiary alicyclic amines) is 1. The van der Waals surface area contributed by atoms with E-state index >= 15 is 0 Å². The number of sulfonamides is 1. The number of aryl methyl sites for hydroxylation is 1. The summed E-state index contributed by atoms with van der Waals surface area (Å²) in [6, 6.07) is 1.72. The van der Waals surface area contributed by atoms with E-state index in [2.05, 4.69) is 4.72 Å². The van der Waals surface area contributed by atoms with Crippen LogP contribution in [0.3, 0.4) is 0 Å². The molecular formula is C16H24N2O4S. The van der Waals surface area contributed by atoms with Gasteiger partial charge in [0.25, 0.3) is 5.91 Å². The number of amides is 1. The van der Waals surface area contributed by atoms with Gasteiger partial charge in [0.2, 0.25) is 10.0 Å². The van der Waals surface area contributed by atoms with Crippen LogP contribution in [0.2, 0.25) is 0 Å². The molecule has 1 N–H and O–H groups in total. The summed E-state index contributed by atoms with van der Waals surface area (Å²) in [6.07, 6.45) is 6.81. The number of furan rings is 1. The topological polar surface area (TPSA) is 79.6 Å². The summed E-state index contributed by atoms with van der Waals surface area (Å²) >= 11 is 0. The number of hydrogen-bond acceptors (Lipinski definition) is 4. The summed E-state index contributed by atoms with van der Waals surface area (Å²) in [5, 5.41) is -0.520. The Balaban J connectivity index is 1.68. The minimum atomic E-state index is -3.38. The molecule has 1 aliphatic carbocycles. The van der Waals surface area contributed by atoms with Gasteiger partial charge < -0.3 is 9.32 Å². The molecule has 0 spiro atoms. The van der Waals surface area contributed by atoms with Gasteiger partial charge in [-0.25, -0.2) is 13.1 Å². The summed E-state index contributed by atoms with van der Waals surface area (Å²) < 4.78 is 33.2. The van der Waals surface area contributed by atoms with E-state index in [1.54, 1.807) is 17.9 Å². The molecule has 0 radical (unpaired) electrons. The van der Waals surface area contributed by atoms with Crippen LogP contribution in [-0.4, -0.2) is 43.6 Å². The van der Waals surface area contributed by atoms with Gasteiger partial charge in [0, 0.05) is 19.1 Å². The van der Waals surface area contributed by atoms with E-state index in [-0.39, 0.29) is 18.5 Å². The average Bonchev–Trinajstić information content (AvgIpc) is 3.18. The van der Waals surface area contributed by atoms with E-state index < -0.39 is 15.3 Å². The van der Waals surface area contributed by atoms with E-state index in [0.29, 0.717) is 30.7 Å². The van der Waals surface area contributed by atoms with E-state index in [1.165, 1.54) is 6.26 Å². The van der Waals surface area contributed by atoms with Gasteiger partial charge >= 0.3 is 0 Å². The van der Waals surface area contributed by atoms with Crippen molar-refractivity contribution < 1.29 is 17.6 Å². The molecule has 0 bridgehead atoms. The van der Waals surface area contributed by atoms with Crippen molar-refractivity contribution in [1.82, 2.24) is 9.62 Å². The van der Waals surface area contributed by atoms with Gasteiger partial charge in [0.1, 0.15) is 5.76 Å². The summed E-state index contributed by atoms with van der Waals surface area (Å²) in [6.45, 7) is 2.59. The van der Waals surface area contributed by atoms with Crippen LogP contribution in [0.5, 0.6) is 0 Å². The molecule has 0 unspecified atom stereocenters. The molecule has 3 rings (SSSR count). The standard InChI is InChI=1S/C16H24N2O4S/c1-12-15(8-10-22-12)16(19)18-9-4-7-14(11-18)23(20,21)17-13-5-2-3-6-13/h8,10,13-14,17H,2-7,9,11H2,1H3/t14-/m1/s1. The first-order chi connectivity index (χ1) is 11.0. The summed E-state index contributed by atoms with van der Waals surface area (Å²) in [4.78, 5) is 14.2. The Morgan fingerprint density at radius 1 is 1.26 bits per heavy atom. The zero-order valence-electron chi connectivity index (χ0n) is 13.5. The number of piperidine rings is 1. The highest BCUT2D eigenvalue weighted by Crippen LogP contribution is 2.23. The molecule has 1 atom stereocenters. The van der Waals surface area contributed by atoms with Crippen LogP contribution in [0.25, 0.3) is 0 Å². The van der Waals surface area contributed by atoms with Crippen LogP contribution in [0.4, 0.5) is 0 Å². The Hall–Kier alpha value is -1.34. The molecule has 1 amide bonds. The van der Waals surface area contributed by atoms with Crippen LogP contribution < -0.4 is 4.72 Å². The molecule has 2 aliphatic rings. The zero-order valence-corrected chi connectivity index (χ0v) is 14.3. The molecule has 2 fully saturated rings. The number of carbonyl (C=O) groups is 1. The summed E-state index contributed by atoms with van der Waals surface area (Å²) in [5.41, 5.74) is 0.520. The number of rotatable bonds is 4. The Morgan fingerprint density at radius 3 is 2.65 bits per heavy atom. The van der Waals surface area contributed by atoms with Crippen LogP contribution in [0.1, 0.15) is 54.6 Å². The van der Waals surface area contributed by atoms with Crippen molar-refractivity contribution in [2.24, 2.45) is 0 Å². The van der Waals surface area contributed by atoms with E-state index in [1.807, 2.05) is 0 Å². The fourth-order valence-corrected chi connectivity index (χ4v) is 5.27. The van der Waals surface area contributed by atoms with Crippen molar-refractivity contribution in [3.8, 4) is 0 Å². The van der Waals surface area contributed by atoms with Crippen LogP contribution >= 0.6 is 0 Å². The van der Waals surface area contributed by atoms with Gasteiger partial charge in [-0.3, -0.25) is 4.79 Å². The fourth-order valence-electron chi connectivity index (χ4n) is 3.53. The number of nitrogens with one attached hydrogen (secondary N) is 1. The number of hydrogen-bond donors (Lipinski definition) is 1. The van der Waals surface area contributed by atoms with Gasteiger partial charge in [0.15, 0.2) is 0 Å². The summed E-state index contributed by atoms with van der Waals surface area (Å²) in [7, 11) is -3.38. The Kier molecular flexibility index (Phi) is 4.77. The molecule has 0 aromatic carbocycles. The maximum Gasteiger partial charge on any atom is 0.257 e. The van der Waals surface area contributed by atoms with E-state index in [4.69, 9.17) is 4.42 Å². The van der Waals surface area contributed by atoms with Crippen LogP contribution in [-0.2, 0) is 10.0 Å². The van der Waals surface area contributed by atoms with Gasteiger partial charge in [-0.05, 0) is 38.7 Å². The molecule has 6 nitrogen and oxygen atoms in total. The SMILES string of the molecule is Cc1occc1C(=O)N1CCC[C@@H](S(=O)(=O)NC2CCCC2)C1. The van der Waals surface area contributed by atoms with Crippen molar-refractivity contribution in [2.75, 3.05) is 13.1 Å². The molecule has 1 saturated carbocycles. The second kappa shape index (κ2) is 6.65. The second-order valence-corrected chi connectivity index (χ2v) is 8.54. The minimum absolute atomic E-state index is 0.0715. The van der Waals surface area contributed by atoms with Crippen molar-refractivity contribution in [3.05, 3.63) is 23.7 Å². The first-order valence-corrected chi connectivity index (χ1v) is 9.86. The van der Waals surface area contributed by atoms with Gasteiger partial charge in [-0.2, -0.15) is 0 Å². The van der Waals surface area contributed by atoms with Crippen molar-refractivity contribution in [1.29, 1.82) is 0 Å². The Bertz CT molecular complexity index is 661. The van der Waals surface area contributed by atoms with Crippen molar-refractivity contribution in [2.45, 2.75) is 56.7 Å². The number of nitrogens with zero attached hydrogens (tertiary/aromatic N) is 1. The number of carbonyl (C=O) groups excluding carboxylic acids is 1. The largest absolute Gasteiger partial charge is 0.469 e. The lowest BCUT2D eigenvalue weighted by molar-refractivity contribution is 0.0725. The highest BCUT2D eigenvalue weighted by Gasteiger charge is 2.35. The molecule has 1 aromatic heterocycles. The molecule has 1 aliphatic heterocycles. The molecular weight excluding hydrogens is 316 g/mol. The smallest absolute Gasteiger partial charge is 0.257 e. The minimum Gasteiger partial charge on any atom is -0.469 e. The zero-order chi connectivity index (χ0) is 16.4. The van der Waals surface area contributed by atoms with Gasteiger partial charge in [-0.15, -0.1) is 0 Å². The predicted octanol–water partition coefficient (Wildman–Crippen LogP) is 2.05. The lowest BCUT2D eigenvalue weighted by atomic mass is 10.1. The molecule has 1 saturated heterocycles. The molecule has 2 heterocycles. The van der Waals surface area contributed by atoms with Gasteiger partial charge in [0.05, 0.1) is 17.1 Å². The molecule has 128 valence electrons. The maximum absolute atomic E-state index is 12.6. The monoisotopic (exact) mass is 340 g/mol. The lowest BCUT2D eigenvalue weighted by Gasteiger charge is -2.33. The Labute approximate surface area is 137 Å². The van der Waals surface area contributed by atoms with E-state index in [0.717, 1.165) is 25.7 Å². The van der Waals surface area contributed by atoms with Crippen LogP contribution in [0, 0.1) is 6.92 Å². The maximum atomic E-state index is 12.6. The van der Waals surface area contributed by atoms with Crippen molar-refractivity contribution >= 4 is 15.9 Å². The molecule has 23 heavy (non-hydrogen) atoms. The summed E-state index contributed by atoms with van der Waals surface area (Å²) in [5.74, 6) is 0.432. The normalized spacial score (nSPS) is 23.3. The Morgan fingerprint density at radius 2 is 2.00 bits per heavy atom. The third-order valence-electron chi connectivity index (χ3n) is 4.88. The lowest BCUT2D eigenvalue weighted by Crippen LogP contribution is -2.50. The van der Waals surface area contributed by atoms with Crippen LogP contribution in [0.15, 0.2) is 16.7 Å². The second-order valence-electron chi connectivity index (χ2n) is 6.55. The van der Waals surface area contributed by atoms with Crippen molar-refractivity contribution in [3.63, 3.8) is 0 Å². The first-order valence-electron chi connectivity index (χ1n) is 8.32. The fraction of sp³-hybridized carbons (Fsp3) is 0.688. The third kappa shape index (κ3) is 3.61. The third-order valence-corrected chi connectivity index (χ3v) is 6.80. The van der Waals surface area contributed by atoms with Gasteiger partial charge in [-0.1, -0.05) is 12.8 Å². The van der Waals surface area contributed by atoms with E-state index in [9.17, 15) is 13.2 Å². The highest BCUT2D eigenvalue weighted by atomic mass is 32.2. The average molecular weight is 340 g/mol. The quantitative estimate of drug-likeness (QED) is 0.910. The predicted molar refractivity (Wildman–Crippen MR) is 86.7 cm³/mol. The molecule has 7 heteroatoms. The first kappa shape index (κ1) is 16.5. The highest BCUT2D eigenvalue weighted by molar-refractivity contribution is 7.90.